The predicted molar refractivity (Wildman–Crippen MR) is 87.1 cm³/mol. The van der Waals surface area contributed by atoms with E-state index in [-0.39, 0.29) is 11.8 Å². The quantitative estimate of drug-likeness (QED) is 0.724. The highest BCUT2D eigenvalue weighted by molar-refractivity contribution is 7.86. The lowest BCUT2D eigenvalue weighted by molar-refractivity contribution is -0.141. The molecule has 2 heterocycles. The Bertz CT molecular complexity index is 573. The fourth-order valence-electron chi connectivity index (χ4n) is 2.65. The van der Waals surface area contributed by atoms with Crippen molar-refractivity contribution in [3.8, 4) is 0 Å². The van der Waals surface area contributed by atoms with Crippen molar-refractivity contribution in [3.05, 3.63) is 0 Å². The minimum absolute atomic E-state index is 0.103. The van der Waals surface area contributed by atoms with Gasteiger partial charge in [0.25, 0.3) is 16.1 Å². The molecule has 132 valence electrons. The maximum absolute atomic E-state index is 12.6. The second-order valence-electron chi connectivity index (χ2n) is 6.40. The molecule has 2 aliphatic rings. The van der Waals surface area contributed by atoms with E-state index in [1.807, 2.05) is 13.8 Å². The maximum Gasteiger partial charge on any atom is 0.281 e. The molecule has 1 unspecified atom stereocenters. The van der Waals surface area contributed by atoms with Crippen molar-refractivity contribution < 1.29 is 18.0 Å². The smallest absolute Gasteiger partial charge is 0.281 e. The van der Waals surface area contributed by atoms with Gasteiger partial charge in [0, 0.05) is 46.7 Å². The number of hydrogen-bond donors (Lipinski definition) is 0. The van der Waals surface area contributed by atoms with Crippen molar-refractivity contribution in [2.24, 2.45) is 11.1 Å². The molecule has 9 heteroatoms. The number of hydrogen-bond acceptors (Lipinski definition) is 5. The van der Waals surface area contributed by atoms with E-state index in [2.05, 4.69) is 5.16 Å². The van der Waals surface area contributed by atoms with Crippen molar-refractivity contribution in [1.82, 2.24) is 13.5 Å². The first-order valence-electron chi connectivity index (χ1n) is 7.92. The topological polar surface area (TPSA) is 82.5 Å². The van der Waals surface area contributed by atoms with E-state index in [9.17, 15) is 13.2 Å². The summed E-state index contributed by atoms with van der Waals surface area (Å²) < 4.78 is 27.0. The predicted octanol–water partition coefficient (Wildman–Crippen LogP) is 0.128. The zero-order chi connectivity index (χ0) is 17.2. The van der Waals surface area contributed by atoms with Gasteiger partial charge in [0.15, 0.2) is 0 Å². The summed E-state index contributed by atoms with van der Waals surface area (Å²) >= 11 is 0. The molecule has 1 amide bonds. The minimum atomic E-state index is -3.44. The lowest BCUT2D eigenvalue weighted by Crippen LogP contribution is -2.44. The van der Waals surface area contributed by atoms with Crippen LogP contribution in [0.4, 0.5) is 0 Å². The van der Waals surface area contributed by atoms with Crippen molar-refractivity contribution in [2.75, 3.05) is 40.3 Å². The summed E-state index contributed by atoms with van der Waals surface area (Å²) in [5.74, 6) is 0.158. The average molecular weight is 346 g/mol. The highest BCUT2D eigenvalue weighted by Gasteiger charge is 2.35. The van der Waals surface area contributed by atoms with Crippen molar-refractivity contribution in [3.63, 3.8) is 0 Å². The number of rotatable bonds is 4. The lowest BCUT2D eigenvalue weighted by Gasteiger charge is -2.25. The molecule has 0 N–H and O–H groups in total. The lowest BCUT2D eigenvalue weighted by atomic mass is 10.0. The van der Waals surface area contributed by atoms with E-state index >= 15 is 0 Å². The van der Waals surface area contributed by atoms with Crippen molar-refractivity contribution in [2.45, 2.75) is 32.8 Å². The van der Waals surface area contributed by atoms with Crippen LogP contribution in [0.2, 0.25) is 0 Å². The van der Waals surface area contributed by atoms with E-state index in [0.717, 1.165) is 5.71 Å². The van der Waals surface area contributed by atoms with Crippen molar-refractivity contribution >= 4 is 21.8 Å². The summed E-state index contributed by atoms with van der Waals surface area (Å²) in [7, 11) is -0.408. The Hall–Kier alpha value is -1.19. The van der Waals surface area contributed by atoms with Gasteiger partial charge in [-0.15, -0.1) is 0 Å². The standard InChI is InChI=1S/C14H26N4O4S/c1-11(2)12-10-13(22-15-12)14(19)17-6-5-7-18(9-8-17)23(20,21)16(3)4/h11,13H,5-10H2,1-4H3. The highest BCUT2D eigenvalue weighted by Crippen LogP contribution is 2.19. The Labute approximate surface area is 138 Å². The summed E-state index contributed by atoms with van der Waals surface area (Å²) in [4.78, 5) is 19.5. The van der Waals surface area contributed by atoms with Gasteiger partial charge in [-0.05, 0) is 12.3 Å². The van der Waals surface area contributed by atoms with Gasteiger partial charge in [0.05, 0.1) is 5.71 Å². The van der Waals surface area contributed by atoms with Gasteiger partial charge < -0.3 is 9.74 Å². The van der Waals surface area contributed by atoms with Crippen LogP contribution in [0.1, 0.15) is 26.7 Å². The average Bonchev–Trinajstić information content (AvgIpc) is 2.84. The van der Waals surface area contributed by atoms with Crippen LogP contribution in [0.25, 0.3) is 0 Å². The van der Waals surface area contributed by atoms with Gasteiger partial charge in [0.1, 0.15) is 0 Å². The molecule has 1 saturated heterocycles. The summed E-state index contributed by atoms with van der Waals surface area (Å²) in [5, 5.41) is 3.99. The Kier molecular flexibility index (Phi) is 5.64. The number of carbonyl (C=O) groups is 1. The van der Waals surface area contributed by atoms with Gasteiger partial charge >= 0.3 is 0 Å². The maximum atomic E-state index is 12.6. The third-order valence-corrected chi connectivity index (χ3v) is 6.13. The van der Waals surface area contributed by atoms with Crippen LogP contribution in [0.5, 0.6) is 0 Å². The SMILES string of the molecule is CC(C)C1=NOC(C(=O)N2CCCN(S(=O)(=O)N(C)C)CC2)C1. The first kappa shape index (κ1) is 18.2. The molecule has 23 heavy (non-hydrogen) atoms. The molecular formula is C14H26N4O4S. The molecule has 0 saturated carbocycles. The van der Waals surface area contributed by atoms with Crippen LogP contribution in [0.3, 0.4) is 0 Å². The van der Waals surface area contributed by atoms with Crippen molar-refractivity contribution in [1.29, 1.82) is 0 Å². The van der Waals surface area contributed by atoms with E-state index in [1.54, 1.807) is 4.90 Å². The third-order valence-electron chi connectivity index (χ3n) is 4.19. The Morgan fingerprint density at radius 1 is 1.26 bits per heavy atom. The normalized spacial score (nSPS) is 23.8. The zero-order valence-corrected chi connectivity index (χ0v) is 15.0. The number of nitrogens with zero attached hydrogens (tertiary/aromatic N) is 4. The van der Waals surface area contributed by atoms with Gasteiger partial charge in [-0.2, -0.15) is 17.0 Å². The minimum Gasteiger partial charge on any atom is -0.382 e. The number of amides is 1. The molecule has 0 spiro atoms. The van der Waals surface area contributed by atoms with Crippen LogP contribution >= 0.6 is 0 Å². The Balaban J connectivity index is 1.95. The molecule has 0 aromatic heterocycles. The van der Waals surface area contributed by atoms with Crippen LogP contribution in [-0.4, -0.2) is 79.9 Å². The van der Waals surface area contributed by atoms with Gasteiger partial charge in [-0.3, -0.25) is 4.79 Å². The molecule has 0 aromatic rings. The molecule has 2 aliphatic heterocycles. The summed E-state index contributed by atoms with van der Waals surface area (Å²) in [6.45, 7) is 5.67. The Morgan fingerprint density at radius 2 is 1.96 bits per heavy atom. The summed E-state index contributed by atoms with van der Waals surface area (Å²) in [5.41, 5.74) is 0.898. The monoisotopic (exact) mass is 346 g/mol. The van der Waals surface area contributed by atoms with E-state index in [1.165, 1.54) is 22.7 Å². The second kappa shape index (κ2) is 7.14. The number of oxime groups is 1. The molecular weight excluding hydrogens is 320 g/mol. The number of carbonyl (C=O) groups excluding carboxylic acids is 1. The van der Waals surface area contributed by atoms with Crippen LogP contribution < -0.4 is 0 Å². The molecule has 0 radical (unpaired) electrons. The highest BCUT2D eigenvalue weighted by atomic mass is 32.2. The molecule has 0 bridgehead atoms. The van der Waals surface area contributed by atoms with E-state index in [0.29, 0.717) is 39.0 Å². The van der Waals surface area contributed by atoms with Crippen LogP contribution in [0, 0.1) is 5.92 Å². The molecule has 1 fully saturated rings. The summed E-state index contributed by atoms with van der Waals surface area (Å²) in [6, 6.07) is 0. The van der Waals surface area contributed by atoms with E-state index < -0.39 is 16.3 Å². The third kappa shape index (κ3) is 4.02. The van der Waals surface area contributed by atoms with Crippen LogP contribution in [-0.2, 0) is 19.8 Å². The molecule has 0 aromatic carbocycles. The largest absolute Gasteiger partial charge is 0.382 e. The molecule has 1 atom stereocenters. The Morgan fingerprint density at radius 3 is 2.52 bits per heavy atom. The first-order chi connectivity index (χ1) is 10.7. The molecule has 0 aliphatic carbocycles. The van der Waals surface area contributed by atoms with Gasteiger partial charge in [-0.25, -0.2) is 0 Å². The summed E-state index contributed by atoms with van der Waals surface area (Å²) in [6.07, 6.45) is 0.570. The fraction of sp³-hybridized carbons (Fsp3) is 0.857. The van der Waals surface area contributed by atoms with E-state index in [4.69, 9.17) is 4.84 Å². The van der Waals surface area contributed by atoms with Gasteiger partial charge in [-0.1, -0.05) is 19.0 Å². The first-order valence-corrected chi connectivity index (χ1v) is 9.32. The molecule has 8 nitrogen and oxygen atoms in total. The van der Waals surface area contributed by atoms with Crippen LogP contribution in [0.15, 0.2) is 5.16 Å². The fourth-order valence-corrected chi connectivity index (χ4v) is 3.78. The second-order valence-corrected chi connectivity index (χ2v) is 8.55. The zero-order valence-electron chi connectivity index (χ0n) is 14.2. The van der Waals surface area contributed by atoms with Gasteiger partial charge in [0.2, 0.25) is 6.10 Å². The molecule has 2 rings (SSSR count).